The number of halogens is 3. The predicted octanol–water partition coefficient (Wildman–Crippen LogP) is 3.05. The number of benzene rings is 1. The van der Waals surface area contributed by atoms with Gasteiger partial charge < -0.3 is 5.73 Å². The summed E-state index contributed by atoms with van der Waals surface area (Å²) in [6, 6.07) is 3.84. The van der Waals surface area contributed by atoms with Gasteiger partial charge in [-0.1, -0.05) is 19.1 Å². The van der Waals surface area contributed by atoms with Crippen molar-refractivity contribution in [2.45, 2.75) is 25.6 Å². The van der Waals surface area contributed by atoms with Crippen molar-refractivity contribution in [2.24, 2.45) is 16.0 Å². The first kappa shape index (κ1) is 14.1. The van der Waals surface area contributed by atoms with E-state index in [1.807, 2.05) is 0 Å². The standard InChI is InChI=1S/C11H12F3N3O/c1-2-8(10(15)18)16-17-9-6-4-3-5-7(9)11(12,13)14/h3-6,8H,2H2,1H3,(H2,15,18). The predicted molar refractivity (Wildman–Crippen MR) is 59.2 cm³/mol. The van der Waals surface area contributed by atoms with Gasteiger partial charge in [0.05, 0.1) is 11.3 Å². The highest BCUT2D eigenvalue weighted by atomic mass is 19.4. The highest BCUT2D eigenvalue weighted by Gasteiger charge is 2.33. The van der Waals surface area contributed by atoms with E-state index in [0.717, 1.165) is 6.07 Å². The number of carbonyl (C=O) groups is 1. The Labute approximate surface area is 102 Å². The number of hydrogen-bond acceptors (Lipinski definition) is 3. The molecule has 1 unspecified atom stereocenters. The second-order valence-electron chi connectivity index (χ2n) is 3.56. The van der Waals surface area contributed by atoms with Crippen LogP contribution < -0.4 is 5.73 Å². The number of nitrogens with two attached hydrogens (primary N) is 1. The molecule has 1 aromatic carbocycles. The van der Waals surface area contributed by atoms with Gasteiger partial charge in [0.2, 0.25) is 5.91 Å². The first-order valence-electron chi connectivity index (χ1n) is 5.22. The molecule has 0 aliphatic rings. The summed E-state index contributed by atoms with van der Waals surface area (Å²) >= 11 is 0. The quantitative estimate of drug-likeness (QED) is 0.829. The first-order valence-corrected chi connectivity index (χ1v) is 5.22. The minimum atomic E-state index is -4.51. The van der Waals surface area contributed by atoms with Crippen LogP contribution in [0.2, 0.25) is 0 Å². The fraction of sp³-hybridized carbons (Fsp3) is 0.364. The Hall–Kier alpha value is -1.92. The van der Waals surface area contributed by atoms with Gasteiger partial charge in [-0.25, -0.2) is 0 Å². The van der Waals surface area contributed by atoms with Gasteiger partial charge in [-0.3, -0.25) is 4.79 Å². The second-order valence-corrected chi connectivity index (χ2v) is 3.56. The summed E-state index contributed by atoms with van der Waals surface area (Å²) in [6.07, 6.45) is -4.23. The fourth-order valence-corrected chi connectivity index (χ4v) is 1.27. The third-order valence-corrected chi connectivity index (χ3v) is 2.23. The number of alkyl halides is 3. The molecule has 0 fully saturated rings. The molecule has 18 heavy (non-hydrogen) atoms. The Bertz CT molecular complexity index is 457. The monoisotopic (exact) mass is 259 g/mol. The van der Waals surface area contributed by atoms with Crippen molar-refractivity contribution in [3.8, 4) is 0 Å². The van der Waals surface area contributed by atoms with Crippen LogP contribution in [0.1, 0.15) is 18.9 Å². The highest BCUT2D eigenvalue weighted by molar-refractivity contribution is 5.79. The van der Waals surface area contributed by atoms with E-state index in [4.69, 9.17) is 5.73 Å². The molecule has 0 heterocycles. The van der Waals surface area contributed by atoms with Gasteiger partial charge in [0.15, 0.2) is 0 Å². The average Bonchev–Trinajstić information content (AvgIpc) is 2.28. The van der Waals surface area contributed by atoms with Crippen LogP contribution in [0.5, 0.6) is 0 Å². The van der Waals surface area contributed by atoms with Crippen LogP contribution in [-0.2, 0) is 11.0 Å². The van der Waals surface area contributed by atoms with Crippen molar-refractivity contribution in [3.05, 3.63) is 29.8 Å². The summed E-state index contributed by atoms with van der Waals surface area (Å²) < 4.78 is 37.9. The van der Waals surface area contributed by atoms with Crippen molar-refractivity contribution in [1.82, 2.24) is 0 Å². The highest BCUT2D eigenvalue weighted by Crippen LogP contribution is 2.36. The number of carbonyl (C=O) groups excluding carboxylic acids is 1. The minimum absolute atomic E-state index is 0.285. The Kier molecular flexibility index (Phi) is 4.41. The summed E-state index contributed by atoms with van der Waals surface area (Å²) in [5.74, 6) is -0.717. The maximum atomic E-state index is 12.6. The third-order valence-electron chi connectivity index (χ3n) is 2.23. The molecule has 7 heteroatoms. The average molecular weight is 259 g/mol. The van der Waals surface area contributed by atoms with Gasteiger partial charge in [-0.15, -0.1) is 0 Å². The number of amides is 1. The fourth-order valence-electron chi connectivity index (χ4n) is 1.27. The van der Waals surface area contributed by atoms with Gasteiger partial charge in [0.1, 0.15) is 6.04 Å². The molecule has 1 rings (SSSR count). The number of primary amides is 1. The van der Waals surface area contributed by atoms with Crippen LogP contribution in [-0.4, -0.2) is 11.9 Å². The van der Waals surface area contributed by atoms with Gasteiger partial charge in [-0.2, -0.15) is 23.4 Å². The van der Waals surface area contributed by atoms with Gasteiger partial charge in [0.25, 0.3) is 0 Å². The molecule has 0 aliphatic heterocycles. The SMILES string of the molecule is CCC(N=Nc1ccccc1C(F)(F)F)C(N)=O. The third kappa shape index (κ3) is 3.54. The van der Waals surface area contributed by atoms with Crippen LogP contribution in [0.15, 0.2) is 34.5 Å². The van der Waals surface area contributed by atoms with Crippen LogP contribution in [0.25, 0.3) is 0 Å². The van der Waals surface area contributed by atoms with Crippen LogP contribution in [0.3, 0.4) is 0 Å². The van der Waals surface area contributed by atoms with Gasteiger partial charge in [0, 0.05) is 0 Å². The lowest BCUT2D eigenvalue weighted by Crippen LogP contribution is -2.25. The van der Waals surface area contributed by atoms with Crippen molar-refractivity contribution < 1.29 is 18.0 Å². The maximum absolute atomic E-state index is 12.6. The van der Waals surface area contributed by atoms with Crippen molar-refractivity contribution >= 4 is 11.6 Å². The Morgan fingerprint density at radius 2 is 2.00 bits per heavy atom. The molecule has 0 spiro atoms. The first-order chi connectivity index (χ1) is 8.36. The summed E-state index contributed by atoms with van der Waals surface area (Å²) in [5.41, 5.74) is 3.80. The lowest BCUT2D eigenvalue weighted by atomic mass is 10.2. The number of nitrogens with zero attached hydrogens (tertiary/aromatic N) is 2. The van der Waals surface area contributed by atoms with Crippen molar-refractivity contribution in [1.29, 1.82) is 0 Å². The topological polar surface area (TPSA) is 67.8 Å². The van der Waals surface area contributed by atoms with E-state index >= 15 is 0 Å². The lowest BCUT2D eigenvalue weighted by molar-refractivity contribution is -0.137. The summed E-state index contributed by atoms with van der Waals surface area (Å²) in [5, 5.41) is 7.01. The Morgan fingerprint density at radius 1 is 1.39 bits per heavy atom. The van der Waals surface area contributed by atoms with Crippen LogP contribution >= 0.6 is 0 Å². The van der Waals surface area contributed by atoms with E-state index in [1.165, 1.54) is 18.2 Å². The molecule has 0 saturated heterocycles. The molecular formula is C11H12F3N3O. The van der Waals surface area contributed by atoms with E-state index in [1.54, 1.807) is 6.92 Å². The molecule has 2 N–H and O–H groups in total. The molecule has 0 bridgehead atoms. The van der Waals surface area contributed by atoms with E-state index in [9.17, 15) is 18.0 Å². The number of azo groups is 1. The Morgan fingerprint density at radius 3 is 2.50 bits per heavy atom. The molecule has 0 aliphatic carbocycles. The normalized spacial score (nSPS) is 13.8. The minimum Gasteiger partial charge on any atom is -0.368 e. The summed E-state index contributed by atoms with van der Waals surface area (Å²) in [6.45, 7) is 1.64. The molecule has 1 aromatic rings. The molecule has 1 atom stereocenters. The maximum Gasteiger partial charge on any atom is 0.418 e. The van der Waals surface area contributed by atoms with E-state index < -0.39 is 23.7 Å². The van der Waals surface area contributed by atoms with Gasteiger partial charge >= 0.3 is 6.18 Å². The smallest absolute Gasteiger partial charge is 0.368 e. The largest absolute Gasteiger partial charge is 0.418 e. The number of rotatable bonds is 4. The molecule has 98 valence electrons. The lowest BCUT2D eigenvalue weighted by Gasteiger charge is -2.09. The van der Waals surface area contributed by atoms with E-state index in [-0.39, 0.29) is 12.1 Å². The zero-order valence-corrected chi connectivity index (χ0v) is 9.61. The molecule has 0 saturated carbocycles. The zero-order valence-electron chi connectivity index (χ0n) is 9.61. The molecule has 1 amide bonds. The molecular weight excluding hydrogens is 247 g/mol. The molecule has 0 aromatic heterocycles. The second kappa shape index (κ2) is 5.61. The summed E-state index contributed by atoms with van der Waals surface area (Å²) in [4.78, 5) is 10.9. The van der Waals surface area contributed by atoms with Crippen molar-refractivity contribution in [2.75, 3.05) is 0 Å². The van der Waals surface area contributed by atoms with Crippen molar-refractivity contribution in [3.63, 3.8) is 0 Å². The zero-order chi connectivity index (χ0) is 13.8. The van der Waals surface area contributed by atoms with E-state index in [0.29, 0.717) is 0 Å². The van der Waals surface area contributed by atoms with Crippen LogP contribution in [0.4, 0.5) is 18.9 Å². The molecule has 0 radical (unpaired) electrons. The van der Waals surface area contributed by atoms with Crippen LogP contribution in [0, 0.1) is 0 Å². The van der Waals surface area contributed by atoms with Gasteiger partial charge in [-0.05, 0) is 18.6 Å². The number of hydrogen-bond donors (Lipinski definition) is 1. The Balaban J connectivity index is 3.04. The molecule has 4 nitrogen and oxygen atoms in total. The van der Waals surface area contributed by atoms with E-state index in [2.05, 4.69) is 10.2 Å². The summed E-state index contributed by atoms with van der Waals surface area (Å²) in [7, 11) is 0.